The number of nitrogens with zero attached hydrogens (tertiary/aromatic N) is 1. The van der Waals surface area contributed by atoms with Gasteiger partial charge in [0.05, 0.1) is 0 Å². The molecule has 102 valence electrons. The predicted octanol–water partition coefficient (Wildman–Crippen LogP) is 1.43. The van der Waals surface area contributed by atoms with Crippen molar-refractivity contribution in [2.75, 3.05) is 11.9 Å². The molecule has 2 heterocycles. The van der Waals surface area contributed by atoms with Crippen molar-refractivity contribution in [2.45, 2.75) is 20.8 Å². The van der Waals surface area contributed by atoms with Gasteiger partial charge in [0.15, 0.2) is 0 Å². The largest absolute Gasteiger partial charge is 0.355 e. The summed E-state index contributed by atoms with van der Waals surface area (Å²) in [5.41, 5.74) is 0.562. The molecule has 1 aromatic heterocycles. The molecule has 1 fully saturated rings. The van der Waals surface area contributed by atoms with Gasteiger partial charge in [-0.25, -0.2) is 0 Å². The van der Waals surface area contributed by atoms with E-state index in [2.05, 4.69) is 15.6 Å². The van der Waals surface area contributed by atoms with E-state index < -0.39 is 5.92 Å². The van der Waals surface area contributed by atoms with E-state index in [4.69, 9.17) is 0 Å². The minimum Gasteiger partial charge on any atom is -0.355 e. The molecular weight excluding hydrogens is 242 g/mol. The molecule has 0 aliphatic carbocycles. The van der Waals surface area contributed by atoms with Crippen LogP contribution in [-0.2, 0) is 9.59 Å². The Morgan fingerprint density at radius 2 is 2.00 bits per heavy atom. The van der Waals surface area contributed by atoms with Gasteiger partial charge in [-0.05, 0) is 17.5 Å². The molecule has 19 heavy (non-hydrogen) atoms. The molecule has 0 radical (unpaired) electrons. The van der Waals surface area contributed by atoms with Gasteiger partial charge in [0.25, 0.3) is 0 Å². The van der Waals surface area contributed by atoms with Crippen molar-refractivity contribution < 1.29 is 9.59 Å². The first kappa shape index (κ1) is 13.5. The molecular formula is C14H19N3O2. The fourth-order valence-electron chi connectivity index (χ4n) is 2.38. The number of hydrogen-bond acceptors (Lipinski definition) is 3. The van der Waals surface area contributed by atoms with Crippen molar-refractivity contribution in [3.05, 3.63) is 24.5 Å². The topological polar surface area (TPSA) is 71.1 Å². The SMILES string of the molecule is CC(C)(C)[C@@H]1CNC(=O)[C@@H]1C(=O)Nc1ccncc1. The first-order chi connectivity index (χ1) is 8.89. The molecule has 0 saturated carbocycles. The van der Waals surface area contributed by atoms with E-state index in [9.17, 15) is 9.59 Å². The lowest BCUT2D eigenvalue weighted by atomic mass is 9.74. The average Bonchev–Trinajstić information content (AvgIpc) is 2.72. The van der Waals surface area contributed by atoms with Crippen LogP contribution in [0.5, 0.6) is 0 Å². The van der Waals surface area contributed by atoms with Crippen LogP contribution >= 0.6 is 0 Å². The third kappa shape index (κ3) is 2.92. The zero-order valence-corrected chi connectivity index (χ0v) is 11.4. The van der Waals surface area contributed by atoms with Gasteiger partial charge in [-0.2, -0.15) is 0 Å². The van der Waals surface area contributed by atoms with E-state index in [0.717, 1.165) is 0 Å². The van der Waals surface area contributed by atoms with Crippen LogP contribution in [-0.4, -0.2) is 23.3 Å². The fraction of sp³-hybridized carbons (Fsp3) is 0.500. The van der Waals surface area contributed by atoms with E-state index in [1.54, 1.807) is 24.5 Å². The Labute approximate surface area is 112 Å². The highest BCUT2D eigenvalue weighted by molar-refractivity contribution is 6.07. The number of amides is 2. The first-order valence-electron chi connectivity index (χ1n) is 6.38. The molecule has 0 bridgehead atoms. The number of nitrogens with one attached hydrogen (secondary N) is 2. The number of pyridine rings is 1. The maximum atomic E-state index is 12.3. The molecule has 0 unspecified atom stereocenters. The summed E-state index contributed by atoms with van der Waals surface area (Å²) < 4.78 is 0. The summed E-state index contributed by atoms with van der Waals surface area (Å²) in [6.07, 6.45) is 3.21. The second-order valence-corrected chi connectivity index (χ2v) is 5.92. The quantitative estimate of drug-likeness (QED) is 0.791. The molecule has 1 aromatic rings. The standard InChI is InChI=1S/C14H19N3O2/c1-14(2,3)10-8-16-12(18)11(10)13(19)17-9-4-6-15-7-5-9/h4-7,10-11H,8H2,1-3H3,(H,16,18)(H,15,17,19)/t10-,11-/m1/s1. The Morgan fingerprint density at radius 3 is 2.58 bits per heavy atom. The van der Waals surface area contributed by atoms with Gasteiger partial charge in [-0.15, -0.1) is 0 Å². The smallest absolute Gasteiger partial charge is 0.237 e. The van der Waals surface area contributed by atoms with Crippen LogP contribution in [0.4, 0.5) is 5.69 Å². The van der Waals surface area contributed by atoms with Crippen LogP contribution in [0.2, 0.25) is 0 Å². The maximum Gasteiger partial charge on any atom is 0.237 e. The number of rotatable bonds is 2. The van der Waals surface area contributed by atoms with Crippen molar-refractivity contribution in [1.29, 1.82) is 0 Å². The Balaban J connectivity index is 2.15. The molecule has 2 N–H and O–H groups in total. The van der Waals surface area contributed by atoms with E-state index in [0.29, 0.717) is 12.2 Å². The Bertz CT molecular complexity index is 479. The Kier molecular flexibility index (Phi) is 3.55. The second kappa shape index (κ2) is 4.99. The van der Waals surface area contributed by atoms with E-state index in [-0.39, 0.29) is 23.1 Å². The fourth-order valence-corrected chi connectivity index (χ4v) is 2.38. The molecule has 0 aromatic carbocycles. The van der Waals surface area contributed by atoms with Crippen LogP contribution in [0.3, 0.4) is 0 Å². The summed E-state index contributed by atoms with van der Waals surface area (Å²) in [5.74, 6) is -1.07. The maximum absolute atomic E-state index is 12.3. The number of aromatic nitrogens is 1. The van der Waals surface area contributed by atoms with Gasteiger partial charge in [-0.3, -0.25) is 14.6 Å². The van der Waals surface area contributed by atoms with Crippen LogP contribution in [0.1, 0.15) is 20.8 Å². The zero-order valence-electron chi connectivity index (χ0n) is 11.4. The lowest BCUT2D eigenvalue weighted by Crippen LogP contribution is -2.37. The van der Waals surface area contributed by atoms with Crippen molar-refractivity contribution in [2.24, 2.45) is 17.3 Å². The molecule has 1 aliphatic heterocycles. The van der Waals surface area contributed by atoms with E-state index >= 15 is 0 Å². The Hall–Kier alpha value is -1.91. The summed E-state index contributed by atoms with van der Waals surface area (Å²) >= 11 is 0. The average molecular weight is 261 g/mol. The van der Waals surface area contributed by atoms with Gasteiger partial charge in [0.1, 0.15) is 5.92 Å². The number of carbonyl (C=O) groups is 2. The molecule has 2 rings (SSSR count). The van der Waals surface area contributed by atoms with E-state index in [1.165, 1.54) is 0 Å². The minimum absolute atomic E-state index is 0.00170. The highest BCUT2D eigenvalue weighted by Gasteiger charge is 2.45. The second-order valence-electron chi connectivity index (χ2n) is 5.92. The summed E-state index contributed by atoms with van der Waals surface area (Å²) in [4.78, 5) is 28.1. The van der Waals surface area contributed by atoms with Crippen molar-refractivity contribution in [3.63, 3.8) is 0 Å². The van der Waals surface area contributed by atoms with Crippen LogP contribution in [0.25, 0.3) is 0 Å². The summed E-state index contributed by atoms with van der Waals surface area (Å²) in [6.45, 7) is 6.69. The summed E-state index contributed by atoms with van der Waals surface area (Å²) in [5, 5.41) is 5.56. The predicted molar refractivity (Wildman–Crippen MR) is 72.3 cm³/mol. The third-order valence-electron chi connectivity index (χ3n) is 3.52. The molecule has 5 heteroatoms. The normalized spacial score (nSPS) is 23.0. The van der Waals surface area contributed by atoms with Crippen LogP contribution < -0.4 is 10.6 Å². The molecule has 1 saturated heterocycles. The summed E-state index contributed by atoms with van der Waals surface area (Å²) in [7, 11) is 0. The first-order valence-corrected chi connectivity index (χ1v) is 6.38. The molecule has 5 nitrogen and oxygen atoms in total. The third-order valence-corrected chi connectivity index (χ3v) is 3.52. The molecule has 2 atom stereocenters. The van der Waals surface area contributed by atoms with Gasteiger partial charge < -0.3 is 10.6 Å². The van der Waals surface area contributed by atoms with Crippen molar-refractivity contribution in [1.82, 2.24) is 10.3 Å². The zero-order chi connectivity index (χ0) is 14.0. The number of anilines is 1. The van der Waals surface area contributed by atoms with Crippen LogP contribution in [0.15, 0.2) is 24.5 Å². The molecule has 0 spiro atoms. The van der Waals surface area contributed by atoms with Crippen LogP contribution in [0, 0.1) is 17.3 Å². The number of carbonyl (C=O) groups excluding carboxylic acids is 2. The van der Waals surface area contributed by atoms with Gasteiger partial charge in [-0.1, -0.05) is 20.8 Å². The monoisotopic (exact) mass is 261 g/mol. The van der Waals surface area contributed by atoms with E-state index in [1.807, 2.05) is 20.8 Å². The van der Waals surface area contributed by atoms with Gasteiger partial charge in [0, 0.05) is 30.5 Å². The van der Waals surface area contributed by atoms with Gasteiger partial charge in [0.2, 0.25) is 11.8 Å². The number of hydrogen-bond donors (Lipinski definition) is 2. The lowest BCUT2D eigenvalue weighted by molar-refractivity contribution is -0.132. The Morgan fingerprint density at radius 1 is 1.37 bits per heavy atom. The summed E-state index contributed by atoms with van der Waals surface area (Å²) in [6, 6.07) is 3.41. The van der Waals surface area contributed by atoms with Crippen molar-refractivity contribution in [3.8, 4) is 0 Å². The highest BCUT2D eigenvalue weighted by atomic mass is 16.2. The lowest BCUT2D eigenvalue weighted by Gasteiger charge is -2.29. The highest BCUT2D eigenvalue weighted by Crippen LogP contribution is 2.35. The van der Waals surface area contributed by atoms with Gasteiger partial charge >= 0.3 is 0 Å². The minimum atomic E-state index is -0.631. The molecule has 1 aliphatic rings. The van der Waals surface area contributed by atoms with Crippen molar-refractivity contribution >= 4 is 17.5 Å². The molecule has 2 amide bonds.